The van der Waals surface area contributed by atoms with Crippen LogP contribution >= 0.6 is 34.8 Å². The Balaban J connectivity index is 1.46. The molecule has 0 amide bonds. The Morgan fingerprint density at radius 3 is 2.17 bits per heavy atom. The Morgan fingerprint density at radius 1 is 0.800 bits per heavy atom. The number of rotatable bonds is 4. The number of sulfonamides is 1. The number of nitrogens with zero attached hydrogens (tertiary/aromatic N) is 4. The summed E-state index contributed by atoms with van der Waals surface area (Å²) in [6, 6.07) is 15.4. The number of halogens is 3. The molecule has 1 aromatic heterocycles. The number of aromatic nitrogens is 2. The molecule has 2 aromatic carbocycles. The van der Waals surface area contributed by atoms with E-state index in [9.17, 15) is 8.42 Å². The van der Waals surface area contributed by atoms with Crippen LogP contribution in [0, 0.1) is 0 Å². The first-order valence-corrected chi connectivity index (χ1v) is 11.7. The van der Waals surface area contributed by atoms with Crippen molar-refractivity contribution in [2.75, 3.05) is 31.1 Å². The van der Waals surface area contributed by atoms with Crippen molar-refractivity contribution < 1.29 is 8.42 Å². The van der Waals surface area contributed by atoms with Gasteiger partial charge in [-0.05, 0) is 42.5 Å². The van der Waals surface area contributed by atoms with Crippen molar-refractivity contribution in [3.63, 3.8) is 0 Å². The van der Waals surface area contributed by atoms with E-state index in [1.54, 1.807) is 36.4 Å². The topological polar surface area (TPSA) is 66.4 Å². The van der Waals surface area contributed by atoms with Crippen LogP contribution in [-0.4, -0.2) is 49.1 Å². The fourth-order valence-corrected chi connectivity index (χ4v) is 5.71. The van der Waals surface area contributed by atoms with Gasteiger partial charge in [0.05, 0.1) is 15.7 Å². The van der Waals surface area contributed by atoms with Crippen molar-refractivity contribution in [2.45, 2.75) is 4.90 Å². The van der Waals surface area contributed by atoms with Crippen molar-refractivity contribution in [3.05, 3.63) is 69.7 Å². The van der Waals surface area contributed by atoms with Gasteiger partial charge in [-0.15, -0.1) is 10.2 Å². The van der Waals surface area contributed by atoms with Gasteiger partial charge in [0.2, 0.25) is 10.0 Å². The fourth-order valence-electron chi connectivity index (χ4n) is 3.29. The highest BCUT2D eigenvalue weighted by molar-refractivity contribution is 7.89. The molecule has 0 aliphatic carbocycles. The molecule has 0 spiro atoms. The van der Waals surface area contributed by atoms with E-state index >= 15 is 0 Å². The minimum absolute atomic E-state index is 0.129. The lowest BCUT2D eigenvalue weighted by Gasteiger charge is -2.34. The van der Waals surface area contributed by atoms with Gasteiger partial charge in [-0.25, -0.2) is 8.42 Å². The van der Waals surface area contributed by atoms with Crippen molar-refractivity contribution in [1.29, 1.82) is 0 Å². The second-order valence-corrected chi connectivity index (χ2v) is 9.88. The smallest absolute Gasteiger partial charge is 0.244 e. The molecule has 0 atom stereocenters. The van der Waals surface area contributed by atoms with E-state index in [-0.39, 0.29) is 9.92 Å². The Bertz CT molecular complexity index is 1160. The van der Waals surface area contributed by atoms with Crippen LogP contribution in [0.25, 0.3) is 11.3 Å². The lowest BCUT2D eigenvalue weighted by molar-refractivity contribution is 0.383. The predicted octanol–water partition coefficient (Wildman–Crippen LogP) is 4.61. The molecule has 0 radical (unpaired) electrons. The summed E-state index contributed by atoms with van der Waals surface area (Å²) in [5.41, 5.74) is 1.39. The molecule has 1 saturated heterocycles. The summed E-state index contributed by atoms with van der Waals surface area (Å²) >= 11 is 18.3. The Hall–Kier alpha value is -1.90. The van der Waals surface area contributed by atoms with Crippen LogP contribution in [0.1, 0.15) is 0 Å². The summed E-state index contributed by atoms with van der Waals surface area (Å²) in [7, 11) is -3.64. The predicted molar refractivity (Wildman–Crippen MR) is 120 cm³/mol. The van der Waals surface area contributed by atoms with Crippen molar-refractivity contribution in [2.24, 2.45) is 0 Å². The number of anilines is 1. The van der Waals surface area contributed by atoms with Crippen molar-refractivity contribution >= 4 is 50.6 Å². The maximum Gasteiger partial charge on any atom is 0.244 e. The highest BCUT2D eigenvalue weighted by atomic mass is 35.5. The number of hydrogen-bond acceptors (Lipinski definition) is 5. The first-order valence-electron chi connectivity index (χ1n) is 9.15. The minimum atomic E-state index is -3.64. The van der Waals surface area contributed by atoms with Crippen LogP contribution in [0.15, 0.2) is 59.5 Å². The molecule has 0 bridgehead atoms. The molecule has 1 fully saturated rings. The standard InChI is InChI=1S/C20H17Cl3N4O2S/c21-14-5-6-15(17(23)13-14)18-7-8-20(25-24-18)26-9-11-27(12-10-26)30(28,29)19-4-2-1-3-16(19)22/h1-8,13H,9-12H2. The Kier molecular flexibility index (Phi) is 6.18. The van der Waals surface area contributed by atoms with E-state index in [1.807, 2.05) is 17.0 Å². The first kappa shape index (κ1) is 21.3. The van der Waals surface area contributed by atoms with Gasteiger partial charge in [0, 0.05) is 36.8 Å². The van der Waals surface area contributed by atoms with Gasteiger partial charge < -0.3 is 4.90 Å². The van der Waals surface area contributed by atoms with Crippen LogP contribution in [0.2, 0.25) is 15.1 Å². The number of hydrogen-bond donors (Lipinski definition) is 0. The lowest BCUT2D eigenvalue weighted by Crippen LogP contribution is -2.49. The molecule has 6 nitrogen and oxygen atoms in total. The van der Waals surface area contributed by atoms with Gasteiger partial charge >= 0.3 is 0 Å². The molecule has 30 heavy (non-hydrogen) atoms. The first-order chi connectivity index (χ1) is 14.4. The van der Waals surface area contributed by atoms with E-state index < -0.39 is 10.0 Å². The monoisotopic (exact) mass is 482 g/mol. The molecule has 2 heterocycles. The van der Waals surface area contributed by atoms with Crippen LogP contribution in [-0.2, 0) is 10.0 Å². The third kappa shape index (κ3) is 4.26. The summed E-state index contributed by atoms with van der Waals surface area (Å²) in [5.74, 6) is 0.679. The van der Waals surface area contributed by atoms with E-state index in [0.29, 0.717) is 47.7 Å². The van der Waals surface area contributed by atoms with Gasteiger partial charge in [0.1, 0.15) is 4.90 Å². The Morgan fingerprint density at radius 2 is 1.53 bits per heavy atom. The van der Waals surface area contributed by atoms with Gasteiger partial charge in [0.15, 0.2) is 5.82 Å². The molecule has 1 aliphatic heterocycles. The summed E-state index contributed by atoms with van der Waals surface area (Å²) in [6.07, 6.45) is 0. The summed E-state index contributed by atoms with van der Waals surface area (Å²) in [6.45, 7) is 1.67. The summed E-state index contributed by atoms with van der Waals surface area (Å²) in [4.78, 5) is 2.13. The van der Waals surface area contributed by atoms with Crippen LogP contribution < -0.4 is 4.90 Å². The molecular formula is C20H17Cl3N4O2S. The highest BCUT2D eigenvalue weighted by Crippen LogP contribution is 2.30. The molecule has 3 aromatic rings. The van der Waals surface area contributed by atoms with E-state index in [2.05, 4.69) is 10.2 Å². The maximum absolute atomic E-state index is 12.9. The van der Waals surface area contributed by atoms with Crippen LogP contribution in [0.3, 0.4) is 0 Å². The van der Waals surface area contributed by atoms with Crippen molar-refractivity contribution in [1.82, 2.24) is 14.5 Å². The van der Waals surface area contributed by atoms with Crippen LogP contribution in [0.4, 0.5) is 5.82 Å². The van der Waals surface area contributed by atoms with Gasteiger partial charge in [-0.3, -0.25) is 0 Å². The SMILES string of the molecule is O=S(=O)(c1ccccc1Cl)N1CCN(c2ccc(-c3ccc(Cl)cc3Cl)nn2)CC1. The van der Waals surface area contributed by atoms with Crippen molar-refractivity contribution in [3.8, 4) is 11.3 Å². The second-order valence-electron chi connectivity index (χ2n) is 6.72. The summed E-state index contributed by atoms with van der Waals surface area (Å²) in [5, 5.41) is 9.85. The highest BCUT2D eigenvalue weighted by Gasteiger charge is 2.30. The zero-order chi connectivity index (χ0) is 21.3. The molecule has 0 unspecified atom stereocenters. The number of piperazine rings is 1. The number of benzene rings is 2. The van der Waals surface area contributed by atoms with E-state index in [0.717, 1.165) is 5.56 Å². The average Bonchev–Trinajstić information content (AvgIpc) is 2.74. The van der Waals surface area contributed by atoms with Gasteiger partial charge in [-0.1, -0.05) is 46.9 Å². The maximum atomic E-state index is 12.9. The van der Waals surface area contributed by atoms with E-state index in [1.165, 1.54) is 10.4 Å². The van der Waals surface area contributed by atoms with E-state index in [4.69, 9.17) is 34.8 Å². The molecule has 1 aliphatic rings. The molecular weight excluding hydrogens is 467 g/mol. The summed E-state index contributed by atoms with van der Waals surface area (Å²) < 4.78 is 27.2. The lowest BCUT2D eigenvalue weighted by atomic mass is 10.1. The molecule has 0 N–H and O–H groups in total. The van der Waals surface area contributed by atoms with Crippen LogP contribution in [0.5, 0.6) is 0 Å². The normalized spacial score (nSPS) is 15.4. The molecule has 156 valence electrons. The largest absolute Gasteiger partial charge is 0.352 e. The third-order valence-electron chi connectivity index (χ3n) is 4.87. The Labute approximate surface area is 190 Å². The molecule has 10 heteroatoms. The minimum Gasteiger partial charge on any atom is -0.352 e. The zero-order valence-corrected chi connectivity index (χ0v) is 18.8. The molecule has 4 rings (SSSR count). The van der Waals surface area contributed by atoms with Gasteiger partial charge in [0.25, 0.3) is 0 Å². The molecule has 0 saturated carbocycles. The third-order valence-corrected chi connectivity index (χ3v) is 7.82. The average molecular weight is 484 g/mol. The zero-order valence-electron chi connectivity index (χ0n) is 15.7. The second kappa shape index (κ2) is 8.69. The van der Waals surface area contributed by atoms with Gasteiger partial charge in [-0.2, -0.15) is 4.31 Å². The fraction of sp³-hybridized carbons (Fsp3) is 0.200. The quantitative estimate of drug-likeness (QED) is 0.542.